The van der Waals surface area contributed by atoms with Gasteiger partial charge in [-0.25, -0.2) is 0 Å². The van der Waals surface area contributed by atoms with Gasteiger partial charge in [-0.05, 0) is 42.4 Å². The molecule has 1 aromatic carbocycles. The molecule has 0 amide bonds. The quantitative estimate of drug-likeness (QED) is 0.801. The Balaban J connectivity index is 2.13. The van der Waals surface area contributed by atoms with Crippen LogP contribution in [0.3, 0.4) is 0 Å². The molecule has 1 aliphatic heterocycles. The Labute approximate surface area is 101 Å². The highest BCUT2D eigenvalue weighted by Gasteiger charge is 2.11. The Kier molecular flexibility index (Phi) is 3.74. The minimum Gasteiger partial charge on any atom is -0.374 e. The van der Waals surface area contributed by atoms with Gasteiger partial charge in [0.2, 0.25) is 0 Å². The Morgan fingerprint density at radius 2 is 2.38 bits per heavy atom. The summed E-state index contributed by atoms with van der Waals surface area (Å²) in [5.41, 5.74) is 2.70. The lowest BCUT2D eigenvalue weighted by Gasteiger charge is -2.21. The number of hydrogen-bond acceptors (Lipinski definition) is 3. The molecule has 0 fully saturated rings. The lowest BCUT2D eigenvalue weighted by Crippen LogP contribution is -2.18. The van der Waals surface area contributed by atoms with Crippen LogP contribution in [0.4, 0.5) is 5.69 Å². The summed E-state index contributed by atoms with van der Waals surface area (Å²) >= 11 is 1.96. The number of aryl methyl sites for hydroxylation is 1. The molecule has 0 N–H and O–H groups in total. The zero-order valence-corrected chi connectivity index (χ0v) is 10.4. The third-order valence-electron chi connectivity index (χ3n) is 2.89. The van der Waals surface area contributed by atoms with E-state index in [-0.39, 0.29) is 0 Å². The number of hydrogen-bond donors (Lipinski definition) is 0. The highest BCUT2D eigenvalue weighted by molar-refractivity contribution is 7.99. The number of rotatable bonds is 3. The first-order valence-corrected chi connectivity index (χ1v) is 6.63. The van der Waals surface area contributed by atoms with Crippen LogP contribution in [0.1, 0.15) is 18.4 Å². The summed E-state index contributed by atoms with van der Waals surface area (Å²) in [6.07, 6.45) is 3.06. The second-order valence-corrected chi connectivity index (χ2v) is 5.21. The predicted molar refractivity (Wildman–Crippen MR) is 69.0 cm³/mol. The molecule has 0 atom stereocenters. The van der Waals surface area contributed by atoms with E-state index in [0.717, 1.165) is 6.54 Å². The van der Waals surface area contributed by atoms with E-state index in [0.29, 0.717) is 6.42 Å². The molecule has 1 aliphatic rings. The highest BCUT2D eigenvalue weighted by Crippen LogP contribution is 2.32. The Morgan fingerprint density at radius 1 is 1.50 bits per heavy atom. The molecule has 0 aromatic heterocycles. The molecule has 0 radical (unpaired) electrons. The summed E-state index contributed by atoms with van der Waals surface area (Å²) in [5.74, 6) is 1.25. The molecule has 2 rings (SSSR count). The molecular formula is C13H16N2S. The molecule has 1 heterocycles. The van der Waals surface area contributed by atoms with Crippen LogP contribution < -0.4 is 4.90 Å². The molecule has 0 saturated heterocycles. The van der Waals surface area contributed by atoms with Gasteiger partial charge in [0.25, 0.3) is 0 Å². The zero-order chi connectivity index (χ0) is 11.4. The van der Waals surface area contributed by atoms with Crippen molar-refractivity contribution in [2.45, 2.75) is 24.2 Å². The Hall–Kier alpha value is -1.14. The van der Waals surface area contributed by atoms with E-state index in [1.54, 1.807) is 0 Å². The first kappa shape index (κ1) is 11.3. The van der Waals surface area contributed by atoms with Crippen molar-refractivity contribution in [2.24, 2.45) is 0 Å². The molecule has 0 unspecified atom stereocenters. The Bertz CT molecular complexity index is 409. The van der Waals surface area contributed by atoms with Crippen molar-refractivity contribution in [1.82, 2.24) is 0 Å². The van der Waals surface area contributed by atoms with Crippen LogP contribution in [0.15, 0.2) is 23.1 Å². The molecule has 1 aromatic rings. The van der Waals surface area contributed by atoms with Crippen molar-refractivity contribution < 1.29 is 0 Å². The molecule has 3 heteroatoms. The van der Waals surface area contributed by atoms with Crippen LogP contribution in [0.2, 0.25) is 0 Å². The number of thioether (sulfide) groups is 1. The van der Waals surface area contributed by atoms with Gasteiger partial charge in [-0.2, -0.15) is 5.26 Å². The average molecular weight is 232 g/mol. The molecule has 84 valence electrons. The van der Waals surface area contributed by atoms with Gasteiger partial charge in [0.15, 0.2) is 0 Å². The van der Waals surface area contributed by atoms with E-state index in [1.165, 1.54) is 34.7 Å². The first-order valence-electron chi connectivity index (χ1n) is 5.65. The standard InChI is InChI=1S/C13H16N2S/c1-15(8-3-7-14)12-5-6-13-11(10-12)4-2-9-16-13/h5-6,10H,2-4,8-9H2,1H3. The molecule has 0 spiro atoms. The SMILES string of the molecule is CN(CCC#N)c1ccc2c(c1)CCCS2. The molecular weight excluding hydrogens is 216 g/mol. The first-order chi connectivity index (χ1) is 7.81. The number of anilines is 1. The van der Waals surface area contributed by atoms with E-state index in [2.05, 4.69) is 36.2 Å². The second kappa shape index (κ2) is 5.27. The lowest BCUT2D eigenvalue weighted by molar-refractivity contribution is 0.873. The summed E-state index contributed by atoms with van der Waals surface area (Å²) in [6, 6.07) is 8.84. The van der Waals surface area contributed by atoms with Crippen molar-refractivity contribution in [1.29, 1.82) is 5.26 Å². The summed E-state index contributed by atoms with van der Waals surface area (Å²) < 4.78 is 0. The Morgan fingerprint density at radius 3 is 3.19 bits per heavy atom. The van der Waals surface area contributed by atoms with E-state index in [9.17, 15) is 0 Å². The predicted octanol–water partition coefficient (Wildman–Crippen LogP) is 3.07. The van der Waals surface area contributed by atoms with Gasteiger partial charge in [0.1, 0.15) is 0 Å². The second-order valence-electron chi connectivity index (χ2n) is 4.07. The summed E-state index contributed by atoms with van der Waals surface area (Å²) in [7, 11) is 2.05. The highest BCUT2D eigenvalue weighted by atomic mass is 32.2. The molecule has 2 nitrogen and oxygen atoms in total. The van der Waals surface area contributed by atoms with E-state index < -0.39 is 0 Å². The summed E-state index contributed by atoms with van der Waals surface area (Å²) in [5, 5.41) is 8.57. The van der Waals surface area contributed by atoms with Gasteiger partial charge < -0.3 is 4.90 Å². The van der Waals surface area contributed by atoms with Crippen LogP contribution in [0, 0.1) is 11.3 Å². The van der Waals surface area contributed by atoms with Gasteiger partial charge in [-0.3, -0.25) is 0 Å². The van der Waals surface area contributed by atoms with Crippen molar-refractivity contribution in [3.63, 3.8) is 0 Å². The van der Waals surface area contributed by atoms with Gasteiger partial charge in [0, 0.05) is 24.2 Å². The molecule has 16 heavy (non-hydrogen) atoms. The molecule has 0 saturated carbocycles. The van der Waals surface area contributed by atoms with Gasteiger partial charge in [-0.1, -0.05) is 0 Å². The van der Waals surface area contributed by atoms with Crippen molar-refractivity contribution in [3.05, 3.63) is 23.8 Å². The van der Waals surface area contributed by atoms with E-state index >= 15 is 0 Å². The maximum absolute atomic E-state index is 8.57. The maximum Gasteiger partial charge on any atom is 0.0640 e. The third kappa shape index (κ3) is 2.51. The fourth-order valence-electron chi connectivity index (χ4n) is 1.93. The maximum atomic E-state index is 8.57. The largest absolute Gasteiger partial charge is 0.374 e. The molecule has 0 bridgehead atoms. The van der Waals surface area contributed by atoms with E-state index in [1.807, 2.05) is 11.8 Å². The van der Waals surface area contributed by atoms with E-state index in [4.69, 9.17) is 5.26 Å². The number of nitrogens with zero attached hydrogens (tertiary/aromatic N) is 2. The minimum absolute atomic E-state index is 0.586. The van der Waals surface area contributed by atoms with Crippen LogP contribution in [0.5, 0.6) is 0 Å². The van der Waals surface area contributed by atoms with Gasteiger partial charge >= 0.3 is 0 Å². The number of fused-ring (bicyclic) bond motifs is 1. The topological polar surface area (TPSA) is 27.0 Å². The number of nitriles is 1. The smallest absolute Gasteiger partial charge is 0.0640 e. The van der Waals surface area contributed by atoms with Gasteiger partial charge in [0.05, 0.1) is 12.5 Å². The monoisotopic (exact) mass is 232 g/mol. The third-order valence-corrected chi connectivity index (χ3v) is 4.09. The van der Waals surface area contributed by atoms with Crippen molar-refractivity contribution in [2.75, 3.05) is 24.2 Å². The minimum atomic E-state index is 0.586. The van der Waals surface area contributed by atoms with Crippen LogP contribution in [-0.2, 0) is 6.42 Å². The van der Waals surface area contributed by atoms with Crippen molar-refractivity contribution in [3.8, 4) is 6.07 Å². The summed E-state index contributed by atoms with van der Waals surface area (Å²) in [4.78, 5) is 3.59. The summed E-state index contributed by atoms with van der Waals surface area (Å²) in [6.45, 7) is 0.808. The fraction of sp³-hybridized carbons (Fsp3) is 0.462. The van der Waals surface area contributed by atoms with Crippen LogP contribution in [-0.4, -0.2) is 19.3 Å². The zero-order valence-electron chi connectivity index (χ0n) is 9.57. The van der Waals surface area contributed by atoms with Crippen LogP contribution >= 0.6 is 11.8 Å². The van der Waals surface area contributed by atoms with Gasteiger partial charge in [-0.15, -0.1) is 11.8 Å². The average Bonchev–Trinajstić information content (AvgIpc) is 2.35. The number of benzene rings is 1. The normalized spacial score (nSPS) is 14.0. The fourth-order valence-corrected chi connectivity index (χ4v) is 2.95. The van der Waals surface area contributed by atoms with Crippen LogP contribution in [0.25, 0.3) is 0 Å². The van der Waals surface area contributed by atoms with Crippen molar-refractivity contribution >= 4 is 17.4 Å². The molecule has 0 aliphatic carbocycles. The lowest BCUT2D eigenvalue weighted by atomic mass is 10.1.